The molecule has 5 heteroatoms. The van der Waals surface area contributed by atoms with Crippen molar-refractivity contribution in [2.75, 3.05) is 20.2 Å². The third kappa shape index (κ3) is 6.57. The van der Waals surface area contributed by atoms with Crippen molar-refractivity contribution < 1.29 is 9.47 Å². The largest absolute Gasteiger partial charge is 0.496 e. The van der Waals surface area contributed by atoms with Crippen LogP contribution in [-0.4, -0.2) is 26.3 Å². The first kappa shape index (κ1) is 18.8. The first-order valence-corrected chi connectivity index (χ1v) is 8.96. The molecular formula is C16H25Br2NO2. The van der Waals surface area contributed by atoms with E-state index in [0.29, 0.717) is 5.92 Å². The molecular weight excluding hydrogens is 398 g/mol. The van der Waals surface area contributed by atoms with Gasteiger partial charge in [-0.05, 0) is 62.9 Å². The molecule has 1 unspecified atom stereocenters. The molecule has 0 fully saturated rings. The molecule has 0 aliphatic rings. The summed E-state index contributed by atoms with van der Waals surface area (Å²) in [6.07, 6.45) is 2.30. The highest BCUT2D eigenvalue weighted by Crippen LogP contribution is 2.36. The fourth-order valence-electron chi connectivity index (χ4n) is 1.99. The second-order valence-electron chi connectivity index (χ2n) is 5.50. The maximum Gasteiger partial charge on any atom is 0.135 e. The van der Waals surface area contributed by atoms with Gasteiger partial charge in [-0.15, -0.1) is 0 Å². The number of ether oxygens (including phenoxy) is 2. The zero-order valence-electron chi connectivity index (χ0n) is 13.2. The SMILES string of the molecule is CCCC(CNCC(C)C)Oc1cc(Br)c(OC)cc1Br. The molecule has 120 valence electrons. The Morgan fingerprint density at radius 2 is 1.71 bits per heavy atom. The van der Waals surface area contributed by atoms with Crippen LogP contribution < -0.4 is 14.8 Å². The molecule has 1 atom stereocenters. The lowest BCUT2D eigenvalue weighted by Crippen LogP contribution is -2.33. The molecule has 0 aromatic heterocycles. The fraction of sp³-hybridized carbons (Fsp3) is 0.625. The van der Waals surface area contributed by atoms with Crippen LogP contribution in [0.2, 0.25) is 0 Å². The van der Waals surface area contributed by atoms with Gasteiger partial charge in [0.1, 0.15) is 17.6 Å². The predicted octanol–water partition coefficient (Wildman–Crippen LogP) is 5.01. The lowest BCUT2D eigenvalue weighted by atomic mass is 10.2. The average Bonchev–Trinajstić information content (AvgIpc) is 2.42. The molecule has 0 bridgehead atoms. The van der Waals surface area contributed by atoms with Gasteiger partial charge < -0.3 is 14.8 Å². The van der Waals surface area contributed by atoms with Crippen LogP contribution >= 0.6 is 31.9 Å². The number of hydrogen-bond donors (Lipinski definition) is 1. The molecule has 21 heavy (non-hydrogen) atoms. The van der Waals surface area contributed by atoms with Crippen LogP contribution in [0.5, 0.6) is 11.5 Å². The Hall–Kier alpha value is -0.260. The predicted molar refractivity (Wildman–Crippen MR) is 95.4 cm³/mol. The summed E-state index contributed by atoms with van der Waals surface area (Å²) in [5, 5.41) is 3.47. The van der Waals surface area contributed by atoms with E-state index in [1.807, 2.05) is 12.1 Å². The Balaban J connectivity index is 2.71. The van der Waals surface area contributed by atoms with Gasteiger partial charge in [-0.1, -0.05) is 27.2 Å². The van der Waals surface area contributed by atoms with Crippen LogP contribution in [0.15, 0.2) is 21.1 Å². The maximum atomic E-state index is 6.15. The summed E-state index contributed by atoms with van der Waals surface area (Å²) < 4.78 is 13.2. The minimum atomic E-state index is 0.172. The van der Waals surface area contributed by atoms with Crippen LogP contribution in [0.3, 0.4) is 0 Å². The summed E-state index contributed by atoms with van der Waals surface area (Å²) in [5.74, 6) is 2.28. The number of methoxy groups -OCH3 is 1. The normalized spacial score (nSPS) is 12.5. The third-order valence-electron chi connectivity index (χ3n) is 3.04. The van der Waals surface area contributed by atoms with E-state index >= 15 is 0 Å². The van der Waals surface area contributed by atoms with Gasteiger partial charge >= 0.3 is 0 Å². The Kier molecular flexibility index (Phi) is 8.67. The average molecular weight is 423 g/mol. The number of hydrogen-bond acceptors (Lipinski definition) is 3. The first-order valence-electron chi connectivity index (χ1n) is 7.38. The molecule has 0 saturated carbocycles. The number of benzene rings is 1. The van der Waals surface area contributed by atoms with Gasteiger partial charge in [-0.3, -0.25) is 0 Å². The van der Waals surface area contributed by atoms with Gasteiger partial charge in [0.25, 0.3) is 0 Å². The summed E-state index contributed by atoms with van der Waals surface area (Å²) in [5.41, 5.74) is 0. The highest BCUT2D eigenvalue weighted by molar-refractivity contribution is 9.11. The molecule has 3 nitrogen and oxygen atoms in total. The van der Waals surface area contributed by atoms with Gasteiger partial charge in [-0.25, -0.2) is 0 Å². The Bertz CT molecular complexity index is 439. The van der Waals surface area contributed by atoms with Crippen LogP contribution in [0.1, 0.15) is 33.6 Å². The molecule has 1 rings (SSSR count). The standard InChI is InChI=1S/C16H25Br2NO2/c1-5-6-12(10-19-9-11(2)3)21-16-8-13(17)15(20-4)7-14(16)18/h7-8,11-12,19H,5-6,9-10H2,1-4H3. The van der Waals surface area contributed by atoms with E-state index in [0.717, 1.165) is 46.4 Å². The van der Waals surface area contributed by atoms with E-state index in [2.05, 4.69) is 57.9 Å². The Morgan fingerprint density at radius 1 is 1.10 bits per heavy atom. The van der Waals surface area contributed by atoms with Gasteiger partial charge in [0.2, 0.25) is 0 Å². The summed E-state index contributed by atoms with van der Waals surface area (Å²) in [7, 11) is 1.66. The monoisotopic (exact) mass is 421 g/mol. The van der Waals surface area contributed by atoms with Crippen LogP contribution in [0.4, 0.5) is 0 Å². The van der Waals surface area contributed by atoms with Crippen LogP contribution in [0, 0.1) is 5.92 Å². The zero-order valence-corrected chi connectivity index (χ0v) is 16.4. The van der Waals surface area contributed by atoms with E-state index in [-0.39, 0.29) is 6.10 Å². The van der Waals surface area contributed by atoms with Crippen molar-refractivity contribution in [1.82, 2.24) is 5.32 Å². The van der Waals surface area contributed by atoms with Gasteiger partial charge in [0.15, 0.2) is 0 Å². The van der Waals surface area contributed by atoms with E-state index in [1.54, 1.807) is 7.11 Å². The molecule has 0 amide bonds. The van der Waals surface area contributed by atoms with Crippen molar-refractivity contribution in [3.63, 3.8) is 0 Å². The van der Waals surface area contributed by atoms with Crippen molar-refractivity contribution in [1.29, 1.82) is 0 Å². The van der Waals surface area contributed by atoms with Crippen molar-refractivity contribution >= 4 is 31.9 Å². The molecule has 0 aliphatic carbocycles. The molecule has 0 heterocycles. The highest BCUT2D eigenvalue weighted by Gasteiger charge is 2.14. The first-order chi connectivity index (χ1) is 9.97. The summed E-state index contributed by atoms with van der Waals surface area (Å²) in [6, 6.07) is 3.87. The van der Waals surface area contributed by atoms with Crippen LogP contribution in [-0.2, 0) is 0 Å². The van der Waals surface area contributed by atoms with Crippen LogP contribution in [0.25, 0.3) is 0 Å². The smallest absolute Gasteiger partial charge is 0.135 e. The summed E-state index contributed by atoms with van der Waals surface area (Å²) in [6.45, 7) is 8.47. The second-order valence-corrected chi connectivity index (χ2v) is 7.21. The van der Waals surface area contributed by atoms with E-state index < -0.39 is 0 Å². The molecule has 0 spiro atoms. The Labute approximate surface area is 145 Å². The van der Waals surface area contributed by atoms with Gasteiger partial charge in [-0.2, -0.15) is 0 Å². The lowest BCUT2D eigenvalue weighted by molar-refractivity contribution is 0.183. The van der Waals surface area contributed by atoms with Gasteiger partial charge in [0.05, 0.1) is 16.1 Å². The quantitative estimate of drug-likeness (QED) is 0.606. The van der Waals surface area contributed by atoms with Crippen molar-refractivity contribution in [2.24, 2.45) is 5.92 Å². The van der Waals surface area contributed by atoms with Gasteiger partial charge in [0, 0.05) is 6.54 Å². The molecule has 0 aliphatic heterocycles. The maximum absolute atomic E-state index is 6.15. The highest BCUT2D eigenvalue weighted by atomic mass is 79.9. The number of nitrogens with one attached hydrogen (secondary N) is 1. The summed E-state index contributed by atoms with van der Waals surface area (Å²) >= 11 is 7.05. The third-order valence-corrected chi connectivity index (χ3v) is 4.27. The number of halogens is 2. The molecule has 1 N–H and O–H groups in total. The fourth-order valence-corrected chi connectivity index (χ4v) is 2.89. The minimum absolute atomic E-state index is 0.172. The van der Waals surface area contributed by atoms with Crippen molar-refractivity contribution in [2.45, 2.75) is 39.7 Å². The Morgan fingerprint density at radius 3 is 2.29 bits per heavy atom. The van der Waals surface area contributed by atoms with E-state index in [9.17, 15) is 0 Å². The number of rotatable bonds is 9. The van der Waals surface area contributed by atoms with Crippen molar-refractivity contribution in [3.8, 4) is 11.5 Å². The van der Waals surface area contributed by atoms with Crippen molar-refractivity contribution in [3.05, 3.63) is 21.1 Å². The zero-order chi connectivity index (χ0) is 15.8. The molecule has 0 radical (unpaired) electrons. The minimum Gasteiger partial charge on any atom is -0.496 e. The molecule has 1 aromatic carbocycles. The molecule has 0 saturated heterocycles. The second kappa shape index (κ2) is 9.70. The lowest BCUT2D eigenvalue weighted by Gasteiger charge is -2.21. The topological polar surface area (TPSA) is 30.5 Å². The van der Waals surface area contributed by atoms with E-state index in [4.69, 9.17) is 9.47 Å². The molecule has 1 aromatic rings. The summed E-state index contributed by atoms with van der Waals surface area (Å²) in [4.78, 5) is 0. The van der Waals surface area contributed by atoms with E-state index in [1.165, 1.54) is 0 Å².